The molecule has 1 N–H and O–H groups in total. The highest BCUT2D eigenvalue weighted by Crippen LogP contribution is 2.44. The highest BCUT2D eigenvalue weighted by atomic mass is 35.5. The number of hydrogen-bond acceptors (Lipinski definition) is 5. The maximum Gasteiger partial charge on any atom is 0.230 e. The van der Waals surface area contributed by atoms with Crippen molar-refractivity contribution in [3.8, 4) is 0 Å². The number of likely N-dealkylation sites (tertiary alicyclic amines) is 1. The van der Waals surface area contributed by atoms with Crippen LogP contribution >= 0.6 is 11.6 Å². The number of hydrogen-bond donors (Lipinski definition) is 1. The zero-order valence-electron chi connectivity index (χ0n) is 17.7. The summed E-state index contributed by atoms with van der Waals surface area (Å²) in [6.07, 6.45) is 12.2. The van der Waals surface area contributed by atoms with Gasteiger partial charge in [0.2, 0.25) is 5.91 Å². The second-order valence-electron chi connectivity index (χ2n) is 9.66. The molecular formula is C23H33ClN4O2. The summed E-state index contributed by atoms with van der Waals surface area (Å²) in [5.41, 5.74) is 0.603. The van der Waals surface area contributed by atoms with Crippen LogP contribution in [0.25, 0.3) is 0 Å². The molecule has 164 valence electrons. The molecule has 30 heavy (non-hydrogen) atoms. The van der Waals surface area contributed by atoms with Gasteiger partial charge in [0.15, 0.2) is 0 Å². The lowest BCUT2D eigenvalue weighted by molar-refractivity contribution is -0.138. The zero-order valence-corrected chi connectivity index (χ0v) is 18.5. The van der Waals surface area contributed by atoms with Gasteiger partial charge in [-0.3, -0.25) is 4.79 Å². The number of anilines is 2. The van der Waals surface area contributed by atoms with Crippen LogP contribution in [-0.4, -0.2) is 59.3 Å². The summed E-state index contributed by atoms with van der Waals surface area (Å²) in [6, 6.07) is 2.37. The second kappa shape index (κ2) is 8.19. The van der Waals surface area contributed by atoms with Crippen LogP contribution in [0.2, 0.25) is 5.02 Å². The summed E-state index contributed by atoms with van der Waals surface area (Å²) >= 11 is 6.66. The maximum atomic E-state index is 13.5. The quantitative estimate of drug-likeness (QED) is 0.787. The standard InChI is InChI=1S/C23H33ClN4O2/c24-19-14-18(27-12-4-8-20(27)29)15-25-21(19)26-11-5-9-23(16-26)10-13-28(22(23)30)17-6-2-1-3-7-17/h14-15,17,20,29H,1-13,16H2/t20-,23-/m1/s1. The number of aliphatic hydroxyl groups is 1. The molecule has 4 aliphatic rings. The summed E-state index contributed by atoms with van der Waals surface area (Å²) in [5.74, 6) is 1.14. The fourth-order valence-electron chi connectivity index (χ4n) is 6.14. The molecule has 0 unspecified atom stereocenters. The minimum atomic E-state index is -0.450. The predicted molar refractivity (Wildman–Crippen MR) is 119 cm³/mol. The summed E-state index contributed by atoms with van der Waals surface area (Å²) < 4.78 is 0. The molecule has 0 radical (unpaired) electrons. The van der Waals surface area contributed by atoms with Crippen molar-refractivity contribution in [2.45, 2.75) is 76.5 Å². The van der Waals surface area contributed by atoms with Crippen LogP contribution in [0.1, 0.15) is 64.2 Å². The molecule has 2 atom stereocenters. The van der Waals surface area contributed by atoms with E-state index in [1.165, 1.54) is 32.1 Å². The predicted octanol–water partition coefficient (Wildman–Crippen LogP) is 3.81. The molecule has 1 aromatic rings. The Morgan fingerprint density at radius 3 is 2.57 bits per heavy atom. The average molecular weight is 433 g/mol. The minimum Gasteiger partial charge on any atom is -0.374 e. The monoisotopic (exact) mass is 432 g/mol. The Morgan fingerprint density at radius 2 is 1.83 bits per heavy atom. The largest absolute Gasteiger partial charge is 0.374 e. The van der Waals surface area contributed by atoms with Gasteiger partial charge in [-0.2, -0.15) is 0 Å². The van der Waals surface area contributed by atoms with Crippen LogP contribution in [0.3, 0.4) is 0 Å². The first kappa shape index (κ1) is 20.4. The molecule has 1 amide bonds. The highest BCUT2D eigenvalue weighted by molar-refractivity contribution is 6.33. The van der Waals surface area contributed by atoms with E-state index < -0.39 is 6.23 Å². The SMILES string of the molecule is O=C1N(C2CCCCC2)CC[C@@]12CCCN(c1ncc(N3CCC[C@H]3O)cc1Cl)C2. The van der Waals surface area contributed by atoms with E-state index in [-0.39, 0.29) is 5.41 Å². The highest BCUT2D eigenvalue weighted by Gasteiger charge is 2.50. The van der Waals surface area contributed by atoms with Gasteiger partial charge in [-0.25, -0.2) is 4.98 Å². The number of pyridine rings is 1. The normalized spacial score (nSPS) is 30.7. The van der Waals surface area contributed by atoms with Gasteiger partial charge in [-0.05, 0) is 51.0 Å². The van der Waals surface area contributed by atoms with E-state index in [1.54, 1.807) is 0 Å². The Balaban J connectivity index is 1.32. The lowest BCUT2D eigenvalue weighted by Crippen LogP contribution is -2.50. The van der Waals surface area contributed by atoms with E-state index >= 15 is 0 Å². The lowest BCUT2D eigenvalue weighted by Gasteiger charge is -2.41. The number of aliphatic hydroxyl groups excluding tert-OH is 1. The van der Waals surface area contributed by atoms with Crippen LogP contribution in [0.5, 0.6) is 0 Å². The first-order valence-corrected chi connectivity index (χ1v) is 12.1. The fourth-order valence-corrected chi connectivity index (χ4v) is 6.42. The number of amides is 1. The van der Waals surface area contributed by atoms with E-state index in [1.807, 2.05) is 17.2 Å². The number of rotatable bonds is 3. The van der Waals surface area contributed by atoms with E-state index in [2.05, 4.69) is 14.8 Å². The molecule has 4 fully saturated rings. The van der Waals surface area contributed by atoms with Crippen LogP contribution in [0, 0.1) is 5.41 Å². The van der Waals surface area contributed by atoms with Gasteiger partial charge in [-0.1, -0.05) is 30.9 Å². The third kappa shape index (κ3) is 3.56. The fraction of sp³-hybridized carbons (Fsp3) is 0.739. The van der Waals surface area contributed by atoms with Crippen molar-refractivity contribution >= 4 is 29.0 Å². The minimum absolute atomic E-state index is 0.273. The van der Waals surface area contributed by atoms with Gasteiger partial charge in [0.05, 0.1) is 22.3 Å². The van der Waals surface area contributed by atoms with Crippen LogP contribution in [0.15, 0.2) is 12.3 Å². The third-order valence-corrected chi connectivity index (χ3v) is 8.08. The lowest BCUT2D eigenvalue weighted by atomic mass is 9.78. The molecule has 0 bridgehead atoms. The van der Waals surface area contributed by atoms with E-state index in [0.717, 1.165) is 63.2 Å². The summed E-state index contributed by atoms with van der Waals surface area (Å²) in [4.78, 5) is 24.6. The molecule has 1 spiro atoms. The van der Waals surface area contributed by atoms with Gasteiger partial charge in [0.1, 0.15) is 12.0 Å². The molecule has 3 aliphatic heterocycles. The second-order valence-corrected chi connectivity index (χ2v) is 10.1. The van der Waals surface area contributed by atoms with E-state index in [4.69, 9.17) is 11.6 Å². The number of piperidine rings is 1. The molecule has 5 rings (SSSR count). The summed E-state index contributed by atoms with van der Waals surface area (Å²) in [5, 5.41) is 10.8. The van der Waals surface area contributed by atoms with E-state index in [0.29, 0.717) is 23.5 Å². The maximum absolute atomic E-state index is 13.5. The van der Waals surface area contributed by atoms with Crippen molar-refractivity contribution in [3.63, 3.8) is 0 Å². The van der Waals surface area contributed by atoms with Crippen LogP contribution < -0.4 is 9.80 Å². The molecular weight excluding hydrogens is 400 g/mol. The van der Waals surface area contributed by atoms with Crippen molar-refractivity contribution in [1.82, 2.24) is 9.88 Å². The first-order valence-electron chi connectivity index (χ1n) is 11.7. The summed E-state index contributed by atoms with van der Waals surface area (Å²) in [7, 11) is 0. The smallest absolute Gasteiger partial charge is 0.230 e. The Labute approximate surface area is 184 Å². The molecule has 7 heteroatoms. The van der Waals surface area contributed by atoms with Crippen molar-refractivity contribution in [2.24, 2.45) is 5.41 Å². The molecule has 4 heterocycles. The molecule has 1 aliphatic carbocycles. The van der Waals surface area contributed by atoms with Gasteiger partial charge in [0, 0.05) is 32.2 Å². The van der Waals surface area contributed by atoms with E-state index in [9.17, 15) is 9.90 Å². The molecule has 1 aromatic heterocycles. The van der Waals surface area contributed by atoms with Crippen molar-refractivity contribution in [1.29, 1.82) is 0 Å². The number of carbonyl (C=O) groups excluding carboxylic acids is 1. The number of aromatic nitrogens is 1. The number of halogens is 1. The van der Waals surface area contributed by atoms with Gasteiger partial charge < -0.3 is 19.8 Å². The molecule has 6 nitrogen and oxygen atoms in total. The van der Waals surface area contributed by atoms with Gasteiger partial charge >= 0.3 is 0 Å². The van der Waals surface area contributed by atoms with Crippen molar-refractivity contribution in [2.75, 3.05) is 36.0 Å². The molecule has 3 saturated heterocycles. The van der Waals surface area contributed by atoms with Crippen LogP contribution in [0.4, 0.5) is 11.5 Å². The first-order chi connectivity index (χ1) is 14.6. The number of carbonyl (C=O) groups is 1. The van der Waals surface area contributed by atoms with Crippen molar-refractivity contribution in [3.05, 3.63) is 17.3 Å². The Hall–Kier alpha value is -1.53. The Morgan fingerprint density at radius 1 is 1.00 bits per heavy atom. The van der Waals surface area contributed by atoms with Gasteiger partial charge in [-0.15, -0.1) is 0 Å². The molecule has 0 aromatic carbocycles. The number of nitrogens with zero attached hydrogens (tertiary/aromatic N) is 4. The Bertz CT molecular complexity index is 799. The third-order valence-electron chi connectivity index (χ3n) is 7.80. The molecule has 1 saturated carbocycles. The zero-order chi connectivity index (χ0) is 20.7. The Kier molecular flexibility index (Phi) is 5.56. The topological polar surface area (TPSA) is 59.9 Å². The average Bonchev–Trinajstić information content (AvgIpc) is 3.32. The van der Waals surface area contributed by atoms with Gasteiger partial charge in [0.25, 0.3) is 0 Å². The summed E-state index contributed by atoms with van der Waals surface area (Å²) in [6.45, 7) is 3.34. The van der Waals surface area contributed by atoms with Crippen LogP contribution in [-0.2, 0) is 4.79 Å². The van der Waals surface area contributed by atoms with Crippen molar-refractivity contribution < 1.29 is 9.90 Å².